The average Bonchev–Trinajstić information content (AvgIpc) is 2.82. The lowest BCUT2D eigenvalue weighted by atomic mass is 10.0. The maximum absolute atomic E-state index is 6.17. The van der Waals surface area contributed by atoms with Gasteiger partial charge in [0.1, 0.15) is 18.2 Å². The van der Waals surface area contributed by atoms with Crippen LogP contribution in [0.2, 0.25) is 0 Å². The number of para-hydroxylation sites is 1. The Morgan fingerprint density at radius 2 is 2.00 bits per heavy atom. The molecule has 0 amide bonds. The molecule has 2 atom stereocenters. The molecule has 0 saturated carbocycles. The van der Waals surface area contributed by atoms with Crippen LogP contribution in [0.5, 0.6) is 5.75 Å². The fourth-order valence-corrected chi connectivity index (χ4v) is 2.11. The summed E-state index contributed by atoms with van der Waals surface area (Å²) in [5.41, 5.74) is 8.30. The molecule has 2 heterocycles. The maximum atomic E-state index is 6.17. The van der Waals surface area contributed by atoms with Gasteiger partial charge in [0.2, 0.25) is 0 Å². The van der Waals surface area contributed by atoms with Crippen molar-refractivity contribution in [2.75, 3.05) is 0 Å². The van der Waals surface area contributed by atoms with Crippen LogP contribution in [0.15, 0.2) is 43.0 Å². The van der Waals surface area contributed by atoms with E-state index in [0.717, 1.165) is 17.7 Å². The first-order chi connectivity index (χ1) is 8.34. The Balaban J connectivity index is 1.81. The molecule has 1 aromatic heterocycles. The first-order valence-electron chi connectivity index (χ1n) is 5.59. The van der Waals surface area contributed by atoms with Gasteiger partial charge in [0, 0.05) is 24.4 Å². The molecule has 1 aliphatic heterocycles. The Kier molecular flexibility index (Phi) is 2.49. The summed E-state index contributed by atoms with van der Waals surface area (Å²) < 4.78 is 5.84. The Labute approximate surface area is 99.5 Å². The van der Waals surface area contributed by atoms with Gasteiger partial charge < -0.3 is 10.5 Å². The molecule has 17 heavy (non-hydrogen) atoms. The van der Waals surface area contributed by atoms with Crippen molar-refractivity contribution >= 4 is 0 Å². The molecule has 4 heteroatoms. The number of hydrogen-bond acceptors (Lipinski definition) is 4. The zero-order chi connectivity index (χ0) is 11.7. The van der Waals surface area contributed by atoms with E-state index in [4.69, 9.17) is 10.5 Å². The number of nitrogens with two attached hydrogens (primary N) is 1. The third kappa shape index (κ3) is 1.87. The summed E-state index contributed by atoms with van der Waals surface area (Å²) in [7, 11) is 0. The van der Waals surface area contributed by atoms with Gasteiger partial charge in [-0.05, 0) is 11.6 Å². The number of fused-ring (bicyclic) bond motifs is 1. The molecule has 86 valence electrons. The van der Waals surface area contributed by atoms with E-state index in [-0.39, 0.29) is 12.1 Å². The number of ether oxygens (including phenoxy) is 1. The van der Waals surface area contributed by atoms with Crippen LogP contribution in [0.3, 0.4) is 0 Å². The van der Waals surface area contributed by atoms with Crippen molar-refractivity contribution in [3.63, 3.8) is 0 Å². The molecule has 0 fully saturated rings. The highest BCUT2D eigenvalue weighted by molar-refractivity contribution is 5.38. The van der Waals surface area contributed by atoms with Crippen LogP contribution in [-0.2, 0) is 6.42 Å². The van der Waals surface area contributed by atoms with E-state index in [1.54, 1.807) is 12.4 Å². The molecule has 0 radical (unpaired) electrons. The zero-order valence-electron chi connectivity index (χ0n) is 9.28. The molecule has 2 aromatic rings. The predicted molar refractivity (Wildman–Crippen MR) is 63.5 cm³/mol. The Morgan fingerprint density at radius 1 is 1.24 bits per heavy atom. The molecule has 3 rings (SSSR count). The first-order valence-corrected chi connectivity index (χ1v) is 5.59. The fraction of sp³-hybridized carbons (Fsp3) is 0.231. The molecule has 0 saturated heterocycles. The van der Waals surface area contributed by atoms with Gasteiger partial charge in [-0.1, -0.05) is 18.2 Å². The number of nitrogens with zero attached hydrogens (tertiary/aromatic N) is 2. The summed E-state index contributed by atoms with van der Waals surface area (Å²) in [5, 5.41) is 0. The molecular weight excluding hydrogens is 214 g/mol. The van der Waals surface area contributed by atoms with Crippen LogP contribution in [0, 0.1) is 0 Å². The van der Waals surface area contributed by atoms with E-state index in [1.165, 1.54) is 11.9 Å². The van der Waals surface area contributed by atoms with Gasteiger partial charge in [0.25, 0.3) is 0 Å². The van der Waals surface area contributed by atoms with Crippen molar-refractivity contribution in [1.82, 2.24) is 9.97 Å². The average molecular weight is 227 g/mol. The SMILES string of the molecule is NC(c1cncnc1)C1Cc2ccccc2O1. The van der Waals surface area contributed by atoms with Gasteiger partial charge in [0.05, 0.1) is 6.04 Å². The van der Waals surface area contributed by atoms with Crippen LogP contribution in [0.1, 0.15) is 17.2 Å². The smallest absolute Gasteiger partial charge is 0.123 e. The Bertz CT molecular complexity index is 490. The van der Waals surface area contributed by atoms with Gasteiger partial charge >= 0.3 is 0 Å². The highest BCUT2D eigenvalue weighted by Gasteiger charge is 2.28. The van der Waals surface area contributed by atoms with Crippen molar-refractivity contribution in [2.45, 2.75) is 18.6 Å². The molecule has 4 nitrogen and oxygen atoms in total. The third-order valence-corrected chi connectivity index (χ3v) is 3.04. The third-order valence-electron chi connectivity index (χ3n) is 3.04. The predicted octanol–water partition coefficient (Wildman–Crippen LogP) is 1.48. The number of benzene rings is 1. The second kappa shape index (κ2) is 4.14. The first kappa shape index (κ1) is 10.2. The molecular formula is C13H13N3O. The quantitative estimate of drug-likeness (QED) is 0.844. The van der Waals surface area contributed by atoms with Crippen molar-refractivity contribution in [3.8, 4) is 5.75 Å². The molecule has 0 spiro atoms. The second-order valence-corrected chi connectivity index (χ2v) is 4.17. The highest BCUT2D eigenvalue weighted by Crippen LogP contribution is 2.32. The number of aromatic nitrogens is 2. The summed E-state index contributed by atoms with van der Waals surface area (Å²) in [6.07, 6.45) is 5.79. The minimum atomic E-state index is -0.191. The van der Waals surface area contributed by atoms with Gasteiger partial charge in [0.15, 0.2) is 0 Å². The van der Waals surface area contributed by atoms with E-state index in [2.05, 4.69) is 16.0 Å². The van der Waals surface area contributed by atoms with Gasteiger partial charge in [-0.3, -0.25) is 0 Å². The largest absolute Gasteiger partial charge is 0.488 e. The van der Waals surface area contributed by atoms with Crippen LogP contribution in [0.4, 0.5) is 0 Å². The van der Waals surface area contributed by atoms with E-state index in [9.17, 15) is 0 Å². The van der Waals surface area contributed by atoms with E-state index in [1.807, 2.05) is 18.2 Å². The zero-order valence-corrected chi connectivity index (χ0v) is 9.28. The lowest BCUT2D eigenvalue weighted by molar-refractivity contribution is 0.199. The molecule has 1 aromatic carbocycles. The number of hydrogen-bond donors (Lipinski definition) is 1. The van der Waals surface area contributed by atoms with Crippen molar-refractivity contribution in [1.29, 1.82) is 0 Å². The minimum Gasteiger partial charge on any atom is -0.488 e. The summed E-state index contributed by atoms with van der Waals surface area (Å²) in [4.78, 5) is 7.96. The van der Waals surface area contributed by atoms with Crippen molar-refractivity contribution < 1.29 is 4.74 Å². The molecule has 2 N–H and O–H groups in total. The van der Waals surface area contributed by atoms with E-state index in [0.29, 0.717) is 0 Å². The fourth-order valence-electron chi connectivity index (χ4n) is 2.11. The van der Waals surface area contributed by atoms with Gasteiger partial charge in [-0.15, -0.1) is 0 Å². The standard InChI is InChI=1S/C13H13N3O/c14-13(10-6-15-8-16-7-10)12-5-9-3-1-2-4-11(9)17-12/h1-4,6-8,12-13H,5,14H2. The Morgan fingerprint density at radius 3 is 2.76 bits per heavy atom. The maximum Gasteiger partial charge on any atom is 0.123 e. The molecule has 0 bridgehead atoms. The van der Waals surface area contributed by atoms with Crippen LogP contribution in [-0.4, -0.2) is 16.1 Å². The number of rotatable bonds is 2. The summed E-state index contributed by atoms with van der Waals surface area (Å²) in [6, 6.07) is 7.84. The van der Waals surface area contributed by atoms with E-state index >= 15 is 0 Å². The Hall–Kier alpha value is -1.94. The van der Waals surface area contributed by atoms with E-state index < -0.39 is 0 Å². The monoisotopic (exact) mass is 227 g/mol. The lowest BCUT2D eigenvalue weighted by Crippen LogP contribution is -2.30. The van der Waals surface area contributed by atoms with Gasteiger partial charge in [-0.25, -0.2) is 9.97 Å². The van der Waals surface area contributed by atoms with Crippen molar-refractivity contribution in [2.24, 2.45) is 5.73 Å². The lowest BCUT2D eigenvalue weighted by Gasteiger charge is -2.18. The summed E-state index contributed by atoms with van der Waals surface area (Å²) >= 11 is 0. The molecule has 2 unspecified atom stereocenters. The van der Waals surface area contributed by atoms with Gasteiger partial charge in [-0.2, -0.15) is 0 Å². The van der Waals surface area contributed by atoms with Crippen LogP contribution in [0.25, 0.3) is 0 Å². The normalized spacial score (nSPS) is 19.5. The molecule has 1 aliphatic rings. The topological polar surface area (TPSA) is 61.0 Å². The minimum absolute atomic E-state index is 0.0293. The molecule has 0 aliphatic carbocycles. The summed E-state index contributed by atoms with van der Waals surface area (Å²) in [6.45, 7) is 0. The summed E-state index contributed by atoms with van der Waals surface area (Å²) in [5.74, 6) is 0.935. The van der Waals surface area contributed by atoms with Crippen LogP contribution >= 0.6 is 0 Å². The van der Waals surface area contributed by atoms with Crippen molar-refractivity contribution in [3.05, 3.63) is 54.1 Å². The second-order valence-electron chi connectivity index (χ2n) is 4.17. The highest BCUT2D eigenvalue weighted by atomic mass is 16.5. The van der Waals surface area contributed by atoms with Crippen LogP contribution < -0.4 is 10.5 Å².